The van der Waals surface area contributed by atoms with E-state index in [1.807, 2.05) is 35.0 Å². The third-order valence-electron chi connectivity index (χ3n) is 3.99. The lowest BCUT2D eigenvalue weighted by molar-refractivity contribution is 0.0659. The van der Waals surface area contributed by atoms with Gasteiger partial charge < -0.3 is 10.2 Å². The average molecular weight is 300 g/mol. The summed E-state index contributed by atoms with van der Waals surface area (Å²) in [6.45, 7) is 2.37. The number of amides is 1. The number of nitrogens with one attached hydrogen (secondary N) is 1. The van der Waals surface area contributed by atoms with Crippen molar-refractivity contribution in [1.82, 2.24) is 24.9 Å². The molecule has 1 amide bonds. The van der Waals surface area contributed by atoms with Crippen LogP contribution < -0.4 is 5.32 Å². The second kappa shape index (κ2) is 6.55. The van der Waals surface area contributed by atoms with E-state index in [0.29, 0.717) is 11.5 Å². The van der Waals surface area contributed by atoms with Gasteiger partial charge in [-0.1, -0.05) is 5.21 Å². The number of hydrogen-bond acceptors (Lipinski definition) is 5. The van der Waals surface area contributed by atoms with Gasteiger partial charge >= 0.3 is 0 Å². The summed E-state index contributed by atoms with van der Waals surface area (Å²) in [7, 11) is 1.81. The highest BCUT2D eigenvalue weighted by Crippen LogP contribution is 2.20. The maximum Gasteiger partial charge on any atom is 0.255 e. The normalized spacial score (nSPS) is 18.2. The first-order chi connectivity index (χ1) is 10.8. The number of aromatic nitrogens is 4. The minimum absolute atomic E-state index is 0.0541. The van der Waals surface area contributed by atoms with Crippen LogP contribution in [0.25, 0.3) is 0 Å². The van der Waals surface area contributed by atoms with E-state index in [4.69, 9.17) is 0 Å². The van der Waals surface area contributed by atoms with Crippen LogP contribution in [0.2, 0.25) is 0 Å². The molecule has 1 saturated heterocycles. The molecule has 1 aliphatic heterocycles. The molecule has 2 aromatic heterocycles. The maximum atomic E-state index is 12.6. The molecule has 22 heavy (non-hydrogen) atoms. The maximum absolute atomic E-state index is 12.6. The first-order valence-corrected chi connectivity index (χ1v) is 7.53. The summed E-state index contributed by atoms with van der Waals surface area (Å²) in [4.78, 5) is 18.7. The van der Waals surface area contributed by atoms with Crippen molar-refractivity contribution in [1.29, 1.82) is 0 Å². The molecule has 1 fully saturated rings. The summed E-state index contributed by atoms with van der Waals surface area (Å²) in [6.07, 6.45) is 7.31. The number of anilines is 1. The van der Waals surface area contributed by atoms with E-state index in [-0.39, 0.29) is 5.91 Å². The molecule has 1 aliphatic rings. The molecule has 0 aromatic carbocycles. The predicted molar refractivity (Wildman–Crippen MR) is 82.4 cm³/mol. The highest BCUT2D eigenvalue weighted by atomic mass is 16.2. The van der Waals surface area contributed by atoms with Crippen LogP contribution in [0.4, 0.5) is 5.82 Å². The standard InChI is InChI=1S/C15H20N6O/c1-16-14-5-4-13(9-17-14)15(22)20-7-2-3-12(10-20)11-21-8-6-18-19-21/h4-6,8-9,12H,2-3,7,10-11H2,1H3,(H,16,17). The molecule has 3 heterocycles. The van der Waals surface area contributed by atoms with Crippen LogP contribution in [0.1, 0.15) is 23.2 Å². The van der Waals surface area contributed by atoms with Gasteiger partial charge in [0.15, 0.2) is 0 Å². The fraction of sp³-hybridized carbons (Fsp3) is 0.467. The van der Waals surface area contributed by atoms with E-state index in [9.17, 15) is 4.79 Å². The molecule has 1 atom stereocenters. The average Bonchev–Trinajstić information content (AvgIpc) is 3.07. The van der Waals surface area contributed by atoms with Crippen LogP contribution in [0.3, 0.4) is 0 Å². The highest BCUT2D eigenvalue weighted by Gasteiger charge is 2.25. The third-order valence-corrected chi connectivity index (χ3v) is 3.99. The lowest BCUT2D eigenvalue weighted by Gasteiger charge is -2.32. The van der Waals surface area contributed by atoms with Gasteiger partial charge in [0, 0.05) is 39.1 Å². The van der Waals surface area contributed by atoms with Gasteiger partial charge in [-0.2, -0.15) is 0 Å². The van der Waals surface area contributed by atoms with Crippen molar-refractivity contribution in [3.63, 3.8) is 0 Å². The minimum Gasteiger partial charge on any atom is -0.373 e. The summed E-state index contributed by atoms with van der Waals surface area (Å²) in [5, 5.41) is 10.8. The van der Waals surface area contributed by atoms with Gasteiger partial charge in [0.2, 0.25) is 0 Å². The molecule has 3 rings (SSSR count). The zero-order valence-electron chi connectivity index (χ0n) is 12.6. The molecule has 0 spiro atoms. The zero-order chi connectivity index (χ0) is 15.4. The number of likely N-dealkylation sites (tertiary alicyclic amines) is 1. The number of carbonyl (C=O) groups excluding carboxylic acids is 1. The van der Waals surface area contributed by atoms with Crippen molar-refractivity contribution < 1.29 is 4.79 Å². The SMILES string of the molecule is CNc1ccc(C(=O)N2CCCC(Cn3ccnn3)C2)cn1. The van der Waals surface area contributed by atoms with Gasteiger partial charge in [-0.3, -0.25) is 9.48 Å². The van der Waals surface area contributed by atoms with Crippen LogP contribution in [0.5, 0.6) is 0 Å². The molecule has 0 aliphatic carbocycles. The molecule has 7 heteroatoms. The summed E-state index contributed by atoms with van der Waals surface area (Å²) in [5.74, 6) is 1.24. The topological polar surface area (TPSA) is 75.9 Å². The molecule has 1 unspecified atom stereocenters. The second-order valence-corrected chi connectivity index (χ2v) is 5.57. The van der Waals surface area contributed by atoms with Crippen LogP contribution in [0.15, 0.2) is 30.7 Å². The molecular formula is C15H20N6O. The van der Waals surface area contributed by atoms with E-state index >= 15 is 0 Å². The summed E-state index contributed by atoms with van der Waals surface area (Å²) in [6, 6.07) is 3.65. The molecule has 0 radical (unpaired) electrons. The Hall–Kier alpha value is -2.44. The highest BCUT2D eigenvalue weighted by molar-refractivity contribution is 5.94. The van der Waals surface area contributed by atoms with E-state index in [1.165, 1.54) is 0 Å². The van der Waals surface area contributed by atoms with E-state index in [1.54, 1.807) is 12.4 Å². The Bertz CT molecular complexity index is 609. The van der Waals surface area contributed by atoms with Crippen LogP contribution in [0, 0.1) is 5.92 Å². The fourth-order valence-electron chi connectivity index (χ4n) is 2.84. The summed E-state index contributed by atoms with van der Waals surface area (Å²) < 4.78 is 1.84. The molecule has 2 aromatic rings. The smallest absolute Gasteiger partial charge is 0.255 e. The number of rotatable bonds is 4. The van der Waals surface area contributed by atoms with Crippen molar-refractivity contribution >= 4 is 11.7 Å². The first-order valence-electron chi connectivity index (χ1n) is 7.53. The Morgan fingerprint density at radius 2 is 2.36 bits per heavy atom. The van der Waals surface area contributed by atoms with Gasteiger partial charge in [-0.25, -0.2) is 4.98 Å². The molecule has 7 nitrogen and oxygen atoms in total. The van der Waals surface area contributed by atoms with Crippen molar-refractivity contribution in [3.05, 3.63) is 36.3 Å². The fourth-order valence-corrected chi connectivity index (χ4v) is 2.84. The Kier molecular flexibility index (Phi) is 4.32. The third kappa shape index (κ3) is 3.24. The van der Waals surface area contributed by atoms with Crippen molar-refractivity contribution in [3.8, 4) is 0 Å². The predicted octanol–water partition coefficient (Wildman–Crippen LogP) is 1.27. The zero-order valence-corrected chi connectivity index (χ0v) is 12.6. The monoisotopic (exact) mass is 300 g/mol. The van der Waals surface area contributed by atoms with Crippen molar-refractivity contribution in [2.45, 2.75) is 19.4 Å². The second-order valence-electron chi connectivity index (χ2n) is 5.57. The van der Waals surface area contributed by atoms with E-state index in [0.717, 1.165) is 38.3 Å². The Morgan fingerprint density at radius 1 is 1.45 bits per heavy atom. The van der Waals surface area contributed by atoms with Gasteiger partial charge in [0.25, 0.3) is 5.91 Å². The Labute approximate surface area is 129 Å². The van der Waals surface area contributed by atoms with Gasteiger partial charge in [-0.05, 0) is 30.9 Å². The molecule has 0 bridgehead atoms. The van der Waals surface area contributed by atoms with Gasteiger partial charge in [0.05, 0.1) is 11.8 Å². The number of pyridine rings is 1. The molecular weight excluding hydrogens is 280 g/mol. The lowest BCUT2D eigenvalue weighted by Crippen LogP contribution is -2.41. The Morgan fingerprint density at radius 3 is 3.05 bits per heavy atom. The quantitative estimate of drug-likeness (QED) is 0.920. The van der Waals surface area contributed by atoms with Crippen LogP contribution in [-0.2, 0) is 6.54 Å². The largest absolute Gasteiger partial charge is 0.373 e. The van der Waals surface area contributed by atoms with Crippen molar-refractivity contribution in [2.75, 3.05) is 25.5 Å². The van der Waals surface area contributed by atoms with Gasteiger partial charge in [0.1, 0.15) is 5.82 Å². The minimum atomic E-state index is 0.0541. The summed E-state index contributed by atoms with van der Waals surface area (Å²) >= 11 is 0. The molecule has 1 N–H and O–H groups in total. The number of nitrogens with zero attached hydrogens (tertiary/aromatic N) is 5. The molecule has 0 saturated carbocycles. The van der Waals surface area contributed by atoms with Crippen LogP contribution in [-0.4, -0.2) is 50.9 Å². The van der Waals surface area contributed by atoms with E-state index in [2.05, 4.69) is 20.6 Å². The lowest BCUT2D eigenvalue weighted by atomic mass is 9.97. The van der Waals surface area contributed by atoms with Crippen LogP contribution >= 0.6 is 0 Å². The van der Waals surface area contributed by atoms with Gasteiger partial charge in [-0.15, -0.1) is 5.10 Å². The number of hydrogen-bond donors (Lipinski definition) is 1. The van der Waals surface area contributed by atoms with Crippen molar-refractivity contribution in [2.24, 2.45) is 5.92 Å². The summed E-state index contributed by atoms with van der Waals surface area (Å²) in [5.41, 5.74) is 0.639. The number of piperidine rings is 1. The van der Waals surface area contributed by atoms with E-state index < -0.39 is 0 Å². The molecule has 116 valence electrons. The first kappa shape index (κ1) is 14.5. The Balaban J connectivity index is 1.64. The number of carbonyl (C=O) groups is 1.